The lowest BCUT2D eigenvalue weighted by Gasteiger charge is -2.19. The molecule has 0 radical (unpaired) electrons. The van der Waals surface area contributed by atoms with Gasteiger partial charge in [-0.25, -0.2) is 0 Å². The first kappa shape index (κ1) is 19.2. The van der Waals surface area contributed by atoms with Gasteiger partial charge in [0.05, 0.1) is 5.92 Å². The lowest BCUT2D eigenvalue weighted by molar-refractivity contribution is -0.126. The average molecular weight is 398 g/mol. The van der Waals surface area contributed by atoms with Gasteiger partial charge in [-0.1, -0.05) is 6.07 Å². The maximum Gasteiger partial charge on any atom is 0.227 e. The van der Waals surface area contributed by atoms with Crippen LogP contribution in [0, 0.1) is 19.8 Å². The summed E-state index contributed by atoms with van der Waals surface area (Å²) in [6, 6.07) is 8.37. The van der Waals surface area contributed by atoms with Crippen LogP contribution in [0.15, 0.2) is 35.0 Å². The molecule has 0 spiro atoms. The first-order valence-corrected chi connectivity index (χ1v) is 10.9. The molecule has 1 aromatic carbocycles. The molecule has 0 aliphatic carbocycles. The molecule has 6 heteroatoms. The van der Waals surface area contributed by atoms with Crippen LogP contribution < -0.4 is 10.2 Å². The van der Waals surface area contributed by atoms with Gasteiger partial charge in [-0.15, -0.1) is 0 Å². The molecule has 1 aromatic heterocycles. The number of amides is 2. The Labute approximate surface area is 170 Å². The molecular formula is C22H27N3O2S. The molecule has 2 atom stereocenters. The molecule has 2 aromatic rings. The van der Waals surface area contributed by atoms with E-state index in [-0.39, 0.29) is 23.8 Å². The predicted octanol–water partition coefficient (Wildman–Crippen LogP) is 3.11. The molecule has 2 aliphatic heterocycles. The van der Waals surface area contributed by atoms with Crippen molar-refractivity contribution >= 4 is 28.8 Å². The zero-order chi connectivity index (χ0) is 19.7. The van der Waals surface area contributed by atoms with Crippen LogP contribution in [0.3, 0.4) is 0 Å². The Morgan fingerprint density at radius 1 is 1.21 bits per heavy atom. The van der Waals surface area contributed by atoms with Crippen molar-refractivity contribution in [1.82, 2.24) is 10.2 Å². The number of rotatable bonds is 5. The minimum absolute atomic E-state index is 0.0158. The molecule has 0 bridgehead atoms. The fourth-order valence-electron chi connectivity index (χ4n) is 4.08. The number of likely N-dealkylation sites (tertiary alicyclic amines) is 1. The Bertz CT molecular complexity index is 865. The van der Waals surface area contributed by atoms with E-state index in [2.05, 4.69) is 34.0 Å². The number of thiophene rings is 1. The van der Waals surface area contributed by atoms with E-state index in [1.54, 1.807) is 16.2 Å². The van der Waals surface area contributed by atoms with Gasteiger partial charge >= 0.3 is 0 Å². The molecule has 3 heterocycles. The maximum absolute atomic E-state index is 12.8. The molecule has 2 saturated heterocycles. The van der Waals surface area contributed by atoms with E-state index in [1.807, 2.05) is 25.1 Å². The Hall–Kier alpha value is -2.18. The van der Waals surface area contributed by atoms with Crippen LogP contribution >= 0.6 is 11.3 Å². The zero-order valence-corrected chi connectivity index (χ0v) is 17.3. The van der Waals surface area contributed by atoms with Crippen LogP contribution in [-0.4, -0.2) is 42.4 Å². The van der Waals surface area contributed by atoms with Crippen LogP contribution in [0.5, 0.6) is 0 Å². The zero-order valence-electron chi connectivity index (χ0n) is 16.5. The highest BCUT2D eigenvalue weighted by Gasteiger charge is 2.36. The number of carbonyl (C=O) groups excluding carboxylic acids is 2. The molecule has 1 N–H and O–H groups in total. The highest BCUT2D eigenvalue weighted by Crippen LogP contribution is 2.27. The summed E-state index contributed by atoms with van der Waals surface area (Å²) in [5, 5.41) is 7.46. The summed E-state index contributed by atoms with van der Waals surface area (Å²) in [7, 11) is 0. The minimum Gasteiger partial charge on any atom is -0.352 e. The molecule has 0 saturated carbocycles. The highest BCUT2D eigenvalue weighted by molar-refractivity contribution is 7.07. The topological polar surface area (TPSA) is 52.7 Å². The number of aryl methyl sites for hydroxylation is 2. The van der Waals surface area contributed by atoms with Gasteiger partial charge in [0.25, 0.3) is 0 Å². The minimum atomic E-state index is -0.264. The van der Waals surface area contributed by atoms with Crippen LogP contribution in [0.1, 0.15) is 29.5 Å². The third-order valence-electron chi connectivity index (χ3n) is 5.90. The van der Waals surface area contributed by atoms with E-state index in [4.69, 9.17) is 0 Å². The predicted molar refractivity (Wildman–Crippen MR) is 113 cm³/mol. The molecule has 2 unspecified atom stereocenters. The van der Waals surface area contributed by atoms with Crippen molar-refractivity contribution in [3.05, 3.63) is 51.7 Å². The largest absolute Gasteiger partial charge is 0.352 e. The van der Waals surface area contributed by atoms with Crippen LogP contribution in [-0.2, 0) is 16.1 Å². The SMILES string of the molecule is Cc1ccc(N2CC(C(=O)NC3CCN(Cc4ccsc4)C3)CC2=O)cc1C. The Kier molecular flexibility index (Phi) is 5.51. The summed E-state index contributed by atoms with van der Waals surface area (Å²) < 4.78 is 0. The van der Waals surface area contributed by atoms with E-state index in [0.29, 0.717) is 13.0 Å². The molecule has 28 heavy (non-hydrogen) atoms. The van der Waals surface area contributed by atoms with E-state index in [0.717, 1.165) is 37.3 Å². The second kappa shape index (κ2) is 8.05. The average Bonchev–Trinajstić information content (AvgIpc) is 3.40. The van der Waals surface area contributed by atoms with Crippen LogP contribution in [0.2, 0.25) is 0 Å². The summed E-state index contributed by atoms with van der Waals surface area (Å²) in [6.45, 7) is 7.40. The number of hydrogen-bond acceptors (Lipinski definition) is 4. The first-order valence-electron chi connectivity index (χ1n) is 9.91. The summed E-state index contributed by atoms with van der Waals surface area (Å²) >= 11 is 1.72. The molecule has 2 amide bonds. The molecule has 5 nitrogen and oxygen atoms in total. The van der Waals surface area contributed by atoms with Gasteiger partial charge in [0.1, 0.15) is 0 Å². The fraction of sp³-hybridized carbons (Fsp3) is 0.455. The third kappa shape index (κ3) is 4.13. The third-order valence-corrected chi connectivity index (χ3v) is 6.64. The molecule has 4 rings (SSSR count). The summed E-state index contributed by atoms with van der Waals surface area (Å²) in [5.74, 6) is -0.212. The van der Waals surface area contributed by atoms with Crippen molar-refractivity contribution in [1.29, 1.82) is 0 Å². The van der Waals surface area contributed by atoms with Crippen molar-refractivity contribution in [2.24, 2.45) is 5.92 Å². The van der Waals surface area contributed by atoms with E-state index >= 15 is 0 Å². The number of nitrogens with one attached hydrogen (secondary N) is 1. The standard InChI is InChI=1S/C22H27N3O2S/c1-15-3-4-20(9-16(15)2)25-12-18(10-21(25)26)22(27)23-19-5-7-24(13-19)11-17-6-8-28-14-17/h3-4,6,8-9,14,18-19H,5,7,10-13H2,1-2H3,(H,23,27). The van der Waals surface area contributed by atoms with Gasteiger partial charge < -0.3 is 10.2 Å². The number of carbonyl (C=O) groups is 2. The van der Waals surface area contributed by atoms with Crippen LogP contribution in [0.4, 0.5) is 5.69 Å². The van der Waals surface area contributed by atoms with E-state index in [9.17, 15) is 9.59 Å². The van der Waals surface area contributed by atoms with Crippen molar-refractivity contribution in [3.63, 3.8) is 0 Å². The first-order chi connectivity index (χ1) is 13.5. The number of nitrogens with zero attached hydrogens (tertiary/aromatic N) is 2. The molecular weight excluding hydrogens is 370 g/mol. The normalized spacial score (nSPS) is 22.8. The van der Waals surface area contributed by atoms with Crippen LogP contribution in [0.25, 0.3) is 0 Å². The summed E-state index contributed by atoms with van der Waals surface area (Å²) in [6.07, 6.45) is 1.27. The maximum atomic E-state index is 12.8. The lowest BCUT2D eigenvalue weighted by atomic mass is 10.1. The fourth-order valence-corrected chi connectivity index (χ4v) is 4.74. The number of hydrogen-bond donors (Lipinski definition) is 1. The van der Waals surface area contributed by atoms with Gasteiger partial charge in [0.15, 0.2) is 0 Å². The second-order valence-corrected chi connectivity index (χ2v) is 8.81. The Morgan fingerprint density at radius 2 is 2.07 bits per heavy atom. The van der Waals surface area contributed by atoms with Gasteiger partial charge in [0.2, 0.25) is 11.8 Å². The van der Waals surface area contributed by atoms with Gasteiger partial charge in [-0.3, -0.25) is 14.5 Å². The Morgan fingerprint density at radius 3 is 2.82 bits per heavy atom. The van der Waals surface area contributed by atoms with Crippen molar-refractivity contribution in [2.75, 3.05) is 24.5 Å². The van der Waals surface area contributed by atoms with Gasteiger partial charge in [-0.2, -0.15) is 11.3 Å². The monoisotopic (exact) mass is 397 g/mol. The number of anilines is 1. The van der Waals surface area contributed by atoms with Gasteiger partial charge in [-0.05, 0) is 65.9 Å². The van der Waals surface area contributed by atoms with Crippen molar-refractivity contribution in [3.8, 4) is 0 Å². The summed E-state index contributed by atoms with van der Waals surface area (Å²) in [5.41, 5.74) is 4.60. The lowest BCUT2D eigenvalue weighted by Crippen LogP contribution is -2.41. The van der Waals surface area contributed by atoms with E-state index in [1.165, 1.54) is 11.1 Å². The van der Waals surface area contributed by atoms with Gasteiger partial charge in [0, 0.05) is 44.3 Å². The molecule has 2 aliphatic rings. The van der Waals surface area contributed by atoms with E-state index < -0.39 is 0 Å². The quantitative estimate of drug-likeness (QED) is 0.843. The summed E-state index contributed by atoms with van der Waals surface area (Å²) in [4.78, 5) is 29.4. The van der Waals surface area contributed by atoms with Crippen molar-refractivity contribution in [2.45, 2.75) is 39.3 Å². The second-order valence-electron chi connectivity index (χ2n) is 8.03. The smallest absolute Gasteiger partial charge is 0.227 e. The Balaban J connectivity index is 1.32. The van der Waals surface area contributed by atoms with Crippen molar-refractivity contribution < 1.29 is 9.59 Å². The highest BCUT2D eigenvalue weighted by atomic mass is 32.1. The molecule has 2 fully saturated rings. The number of benzene rings is 1. The molecule has 148 valence electrons.